The number of aryl methyl sites for hydroxylation is 1. The van der Waals surface area contributed by atoms with Crippen LogP contribution in [0.2, 0.25) is 0 Å². The Labute approximate surface area is 171 Å². The lowest BCUT2D eigenvalue weighted by atomic mass is 10.2. The minimum atomic E-state index is 0.454. The first-order valence-electron chi connectivity index (χ1n) is 9.98. The molecule has 0 aliphatic rings. The summed E-state index contributed by atoms with van der Waals surface area (Å²) >= 11 is 0. The molecule has 1 aromatic carbocycles. The number of nitrogens with one attached hydrogen (secondary N) is 1. The lowest BCUT2D eigenvalue weighted by molar-refractivity contribution is 0.145. The van der Waals surface area contributed by atoms with Crippen LogP contribution < -0.4 is 5.32 Å². The van der Waals surface area contributed by atoms with Crippen molar-refractivity contribution >= 4 is 16.9 Å². The third-order valence-corrected chi connectivity index (χ3v) is 4.74. The van der Waals surface area contributed by atoms with Crippen LogP contribution in [0.3, 0.4) is 0 Å². The minimum absolute atomic E-state index is 0.454. The predicted octanol–water partition coefficient (Wildman–Crippen LogP) is 2.87. The molecule has 1 N–H and O–H groups in total. The number of para-hydroxylation sites is 1. The molecule has 0 radical (unpaired) electrons. The standard InChI is InChI=1S/C21H30N6O2/c1-5-28-12-8-11-22-21(23-14-20-25-24-16(2)27(20)4)26(3)15-18-13-17-9-6-7-10-19(17)29-18/h6-7,9-10,13H,5,8,11-12,14-15H2,1-4H3,(H,22,23). The van der Waals surface area contributed by atoms with Gasteiger partial charge in [0.2, 0.25) is 0 Å². The Hall–Kier alpha value is -2.87. The molecule has 8 nitrogen and oxygen atoms in total. The van der Waals surface area contributed by atoms with Gasteiger partial charge in [-0.2, -0.15) is 0 Å². The maximum absolute atomic E-state index is 5.96. The van der Waals surface area contributed by atoms with Gasteiger partial charge in [0.15, 0.2) is 11.8 Å². The fourth-order valence-corrected chi connectivity index (χ4v) is 2.99. The summed E-state index contributed by atoms with van der Waals surface area (Å²) in [6.45, 7) is 7.25. The van der Waals surface area contributed by atoms with Gasteiger partial charge in [-0.25, -0.2) is 4.99 Å². The van der Waals surface area contributed by atoms with Gasteiger partial charge in [-0.3, -0.25) is 0 Å². The number of hydrogen-bond donors (Lipinski definition) is 1. The molecule has 8 heteroatoms. The Kier molecular flexibility index (Phi) is 7.24. The molecule has 2 heterocycles. The minimum Gasteiger partial charge on any atom is -0.459 e. The molecule has 0 bridgehead atoms. The summed E-state index contributed by atoms with van der Waals surface area (Å²) in [6, 6.07) is 10.1. The molecule has 0 spiro atoms. The summed E-state index contributed by atoms with van der Waals surface area (Å²) in [7, 11) is 3.96. The Morgan fingerprint density at radius 3 is 2.86 bits per heavy atom. The van der Waals surface area contributed by atoms with Crippen LogP contribution >= 0.6 is 0 Å². The number of guanidine groups is 1. The average Bonchev–Trinajstić information content (AvgIpc) is 3.27. The summed E-state index contributed by atoms with van der Waals surface area (Å²) in [5, 5.41) is 12.8. The van der Waals surface area contributed by atoms with E-state index >= 15 is 0 Å². The molecule has 3 aromatic rings. The average molecular weight is 399 g/mol. The van der Waals surface area contributed by atoms with Crippen molar-refractivity contribution in [1.82, 2.24) is 25.0 Å². The fourth-order valence-electron chi connectivity index (χ4n) is 2.99. The highest BCUT2D eigenvalue weighted by Crippen LogP contribution is 2.19. The second-order valence-electron chi connectivity index (χ2n) is 6.95. The lowest BCUT2D eigenvalue weighted by Gasteiger charge is -2.21. The van der Waals surface area contributed by atoms with Gasteiger partial charge in [0.05, 0.1) is 6.54 Å². The zero-order chi connectivity index (χ0) is 20.6. The first-order valence-corrected chi connectivity index (χ1v) is 9.98. The summed E-state index contributed by atoms with van der Waals surface area (Å²) in [4.78, 5) is 6.82. The van der Waals surface area contributed by atoms with E-state index in [1.165, 1.54) is 0 Å². The van der Waals surface area contributed by atoms with Gasteiger partial charge in [-0.1, -0.05) is 18.2 Å². The Bertz CT molecular complexity index is 913. The van der Waals surface area contributed by atoms with E-state index in [0.29, 0.717) is 13.1 Å². The third-order valence-electron chi connectivity index (χ3n) is 4.74. The van der Waals surface area contributed by atoms with Gasteiger partial charge in [-0.15, -0.1) is 10.2 Å². The van der Waals surface area contributed by atoms with E-state index < -0.39 is 0 Å². The maximum Gasteiger partial charge on any atom is 0.194 e. The lowest BCUT2D eigenvalue weighted by Crippen LogP contribution is -2.39. The Morgan fingerprint density at radius 2 is 2.14 bits per heavy atom. The largest absolute Gasteiger partial charge is 0.459 e. The van der Waals surface area contributed by atoms with Crippen molar-refractivity contribution in [2.45, 2.75) is 33.4 Å². The van der Waals surface area contributed by atoms with Crippen molar-refractivity contribution in [3.63, 3.8) is 0 Å². The number of benzene rings is 1. The van der Waals surface area contributed by atoms with Crippen LogP contribution in [0.15, 0.2) is 39.7 Å². The van der Waals surface area contributed by atoms with Gasteiger partial charge in [0, 0.05) is 39.2 Å². The fraction of sp³-hybridized carbons (Fsp3) is 0.476. The van der Waals surface area contributed by atoms with E-state index in [4.69, 9.17) is 14.1 Å². The van der Waals surface area contributed by atoms with Crippen LogP contribution in [0.5, 0.6) is 0 Å². The quantitative estimate of drug-likeness (QED) is 0.339. The summed E-state index contributed by atoms with van der Waals surface area (Å²) in [6.07, 6.45) is 0.911. The number of fused-ring (bicyclic) bond motifs is 1. The Morgan fingerprint density at radius 1 is 1.31 bits per heavy atom. The molecule has 0 aliphatic carbocycles. The van der Waals surface area contributed by atoms with Gasteiger partial charge < -0.3 is 23.9 Å². The van der Waals surface area contributed by atoms with Gasteiger partial charge in [0.1, 0.15) is 23.7 Å². The molecule has 0 aliphatic heterocycles. The van der Waals surface area contributed by atoms with Crippen molar-refractivity contribution in [3.05, 3.63) is 47.7 Å². The molecular weight excluding hydrogens is 368 g/mol. The highest BCUT2D eigenvalue weighted by Gasteiger charge is 2.12. The van der Waals surface area contributed by atoms with E-state index in [1.54, 1.807) is 0 Å². The number of aromatic nitrogens is 3. The topological polar surface area (TPSA) is 80.7 Å². The predicted molar refractivity (Wildman–Crippen MR) is 114 cm³/mol. The van der Waals surface area contributed by atoms with Crippen molar-refractivity contribution in [3.8, 4) is 0 Å². The molecular formula is C21H30N6O2. The van der Waals surface area contributed by atoms with E-state index in [1.807, 2.05) is 50.7 Å². The molecule has 0 saturated carbocycles. The van der Waals surface area contributed by atoms with Crippen LogP contribution in [0.1, 0.15) is 30.8 Å². The highest BCUT2D eigenvalue weighted by molar-refractivity contribution is 5.80. The van der Waals surface area contributed by atoms with Crippen LogP contribution in [-0.4, -0.2) is 52.4 Å². The SMILES string of the molecule is CCOCCCNC(=NCc1nnc(C)n1C)N(C)Cc1cc2ccccc2o1. The molecule has 0 saturated heterocycles. The molecule has 2 aromatic heterocycles. The second-order valence-corrected chi connectivity index (χ2v) is 6.95. The van der Waals surface area contributed by atoms with Gasteiger partial charge >= 0.3 is 0 Å². The number of nitrogens with zero attached hydrogens (tertiary/aromatic N) is 5. The van der Waals surface area contributed by atoms with E-state index in [2.05, 4.69) is 32.5 Å². The van der Waals surface area contributed by atoms with Crippen molar-refractivity contribution < 1.29 is 9.15 Å². The van der Waals surface area contributed by atoms with Crippen LogP contribution in [0, 0.1) is 6.92 Å². The number of ether oxygens (including phenoxy) is 1. The number of aliphatic imine (C=N–C) groups is 1. The van der Waals surface area contributed by atoms with Gasteiger partial charge in [0.25, 0.3) is 0 Å². The number of rotatable bonds is 9. The van der Waals surface area contributed by atoms with E-state index in [0.717, 1.165) is 60.5 Å². The smallest absolute Gasteiger partial charge is 0.194 e. The summed E-state index contributed by atoms with van der Waals surface area (Å²) < 4.78 is 13.3. The normalized spacial score (nSPS) is 11.9. The van der Waals surface area contributed by atoms with Crippen LogP contribution in [0.4, 0.5) is 0 Å². The van der Waals surface area contributed by atoms with Crippen LogP contribution in [-0.2, 0) is 24.9 Å². The second kappa shape index (κ2) is 10.1. The van der Waals surface area contributed by atoms with E-state index in [-0.39, 0.29) is 0 Å². The molecule has 0 unspecified atom stereocenters. The molecule has 156 valence electrons. The summed E-state index contributed by atoms with van der Waals surface area (Å²) in [5.41, 5.74) is 0.897. The molecule has 0 atom stereocenters. The van der Waals surface area contributed by atoms with Crippen molar-refractivity contribution in [2.75, 3.05) is 26.8 Å². The zero-order valence-corrected chi connectivity index (χ0v) is 17.7. The van der Waals surface area contributed by atoms with Crippen molar-refractivity contribution in [1.29, 1.82) is 0 Å². The van der Waals surface area contributed by atoms with E-state index in [9.17, 15) is 0 Å². The maximum atomic E-state index is 5.96. The highest BCUT2D eigenvalue weighted by atomic mass is 16.5. The Balaban J connectivity index is 1.69. The van der Waals surface area contributed by atoms with Gasteiger partial charge in [-0.05, 0) is 32.4 Å². The number of furan rings is 1. The zero-order valence-electron chi connectivity index (χ0n) is 17.7. The first kappa shape index (κ1) is 20.9. The molecule has 29 heavy (non-hydrogen) atoms. The first-order chi connectivity index (χ1) is 14.1. The molecule has 0 fully saturated rings. The molecule has 0 amide bonds. The third kappa shape index (κ3) is 5.57. The van der Waals surface area contributed by atoms with Crippen molar-refractivity contribution in [2.24, 2.45) is 12.0 Å². The monoisotopic (exact) mass is 398 g/mol. The van der Waals surface area contributed by atoms with Crippen LogP contribution in [0.25, 0.3) is 11.0 Å². The molecule has 3 rings (SSSR count). The summed E-state index contributed by atoms with van der Waals surface area (Å²) in [5.74, 6) is 3.39. The number of hydrogen-bond acceptors (Lipinski definition) is 5.